The SMILES string of the molecule is CCCc1nc(-c2ccc(OC)nn2)nc(Cl)c1I. The summed E-state index contributed by atoms with van der Waals surface area (Å²) in [7, 11) is 1.54. The van der Waals surface area contributed by atoms with Crippen LogP contribution in [0.5, 0.6) is 5.88 Å². The van der Waals surface area contributed by atoms with Gasteiger partial charge >= 0.3 is 0 Å². The van der Waals surface area contributed by atoms with E-state index in [1.807, 2.05) is 0 Å². The van der Waals surface area contributed by atoms with Gasteiger partial charge in [0.25, 0.3) is 0 Å². The number of ether oxygens (including phenoxy) is 1. The molecule has 0 bridgehead atoms. The van der Waals surface area contributed by atoms with Gasteiger partial charge in [0.1, 0.15) is 10.8 Å². The smallest absolute Gasteiger partial charge is 0.233 e. The zero-order valence-electron chi connectivity index (χ0n) is 10.5. The molecule has 0 atom stereocenters. The third kappa shape index (κ3) is 3.30. The molecule has 0 aliphatic rings. The van der Waals surface area contributed by atoms with Crippen LogP contribution in [0.1, 0.15) is 19.0 Å². The normalized spacial score (nSPS) is 10.5. The first-order valence-electron chi connectivity index (χ1n) is 5.75. The molecule has 19 heavy (non-hydrogen) atoms. The molecular formula is C12H12ClIN4O. The number of hydrogen-bond acceptors (Lipinski definition) is 5. The highest BCUT2D eigenvalue weighted by atomic mass is 127. The monoisotopic (exact) mass is 390 g/mol. The fourth-order valence-electron chi connectivity index (χ4n) is 1.53. The summed E-state index contributed by atoms with van der Waals surface area (Å²) >= 11 is 8.29. The molecule has 2 heterocycles. The molecule has 0 unspecified atom stereocenters. The lowest BCUT2D eigenvalue weighted by molar-refractivity contribution is 0.392. The second kappa shape index (κ2) is 6.42. The largest absolute Gasteiger partial charge is 0.480 e. The van der Waals surface area contributed by atoms with Crippen molar-refractivity contribution in [2.45, 2.75) is 19.8 Å². The molecule has 0 aliphatic heterocycles. The van der Waals surface area contributed by atoms with E-state index < -0.39 is 0 Å². The molecule has 0 radical (unpaired) electrons. The number of aromatic nitrogens is 4. The van der Waals surface area contributed by atoms with Gasteiger partial charge in [-0.2, -0.15) is 0 Å². The van der Waals surface area contributed by atoms with Crippen molar-refractivity contribution in [1.29, 1.82) is 0 Å². The molecule has 2 aromatic rings. The van der Waals surface area contributed by atoms with Crippen LogP contribution in [-0.2, 0) is 6.42 Å². The molecule has 2 aromatic heterocycles. The fraction of sp³-hybridized carbons (Fsp3) is 0.333. The lowest BCUT2D eigenvalue weighted by Crippen LogP contribution is -2.02. The maximum atomic E-state index is 6.13. The van der Waals surface area contributed by atoms with Crippen LogP contribution in [0.25, 0.3) is 11.5 Å². The van der Waals surface area contributed by atoms with Gasteiger partial charge in [0.2, 0.25) is 5.88 Å². The van der Waals surface area contributed by atoms with Crippen molar-refractivity contribution in [2.24, 2.45) is 0 Å². The summed E-state index contributed by atoms with van der Waals surface area (Å²) in [5, 5.41) is 8.39. The number of halogens is 2. The highest BCUT2D eigenvalue weighted by Gasteiger charge is 2.12. The quantitative estimate of drug-likeness (QED) is 0.593. The maximum Gasteiger partial charge on any atom is 0.233 e. The van der Waals surface area contributed by atoms with Crippen molar-refractivity contribution >= 4 is 34.2 Å². The van der Waals surface area contributed by atoms with Gasteiger partial charge in [-0.25, -0.2) is 9.97 Å². The van der Waals surface area contributed by atoms with Gasteiger partial charge in [0.15, 0.2) is 5.82 Å². The Morgan fingerprint density at radius 1 is 1.26 bits per heavy atom. The Hall–Kier alpha value is -1.02. The lowest BCUT2D eigenvalue weighted by Gasteiger charge is -2.07. The minimum Gasteiger partial charge on any atom is -0.480 e. The molecule has 5 nitrogen and oxygen atoms in total. The molecule has 0 aliphatic carbocycles. The van der Waals surface area contributed by atoms with E-state index in [-0.39, 0.29) is 0 Å². The molecule has 0 saturated carbocycles. The van der Waals surface area contributed by atoms with Crippen LogP contribution in [0.2, 0.25) is 5.15 Å². The zero-order chi connectivity index (χ0) is 13.8. The summed E-state index contributed by atoms with van der Waals surface area (Å²) in [5.74, 6) is 0.943. The first kappa shape index (κ1) is 14.4. The number of rotatable bonds is 4. The zero-order valence-corrected chi connectivity index (χ0v) is 13.4. The van der Waals surface area contributed by atoms with Crippen LogP contribution < -0.4 is 4.74 Å². The molecule has 2 rings (SSSR count). The molecule has 100 valence electrons. The second-order valence-corrected chi connectivity index (χ2v) is 5.25. The van der Waals surface area contributed by atoms with Crippen molar-refractivity contribution in [3.8, 4) is 17.4 Å². The topological polar surface area (TPSA) is 60.8 Å². The molecule has 0 spiro atoms. The van der Waals surface area contributed by atoms with Gasteiger partial charge < -0.3 is 4.74 Å². The van der Waals surface area contributed by atoms with Gasteiger partial charge in [0, 0.05) is 6.07 Å². The Morgan fingerprint density at radius 3 is 2.63 bits per heavy atom. The summed E-state index contributed by atoms with van der Waals surface area (Å²) < 4.78 is 5.86. The molecule has 0 saturated heterocycles. The molecule has 0 N–H and O–H groups in total. The predicted octanol–water partition coefficient (Wildman–Crippen LogP) is 3.15. The Balaban J connectivity index is 2.43. The first-order valence-corrected chi connectivity index (χ1v) is 7.21. The minimum atomic E-state index is 0.451. The highest BCUT2D eigenvalue weighted by Crippen LogP contribution is 2.24. The predicted molar refractivity (Wildman–Crippen MR) is 81.3 cm³/mol. The van der Waals surface area contributed by atoms with E-state index in [0.29, 0.717) is 22.6 Å². The number of hydrogen-bond donors (Lipinski definition) is 0. The average molecular weight is 391 g/mol. The Morgan fingerprint density at radius 2 is 2.05 bits per heavy atom. The van der Waals surface area contributed by atoms with Crippen LogP contribution in [0.3, 0.4) is 0 Å². The molecule has 0 amide bonds. The van der Waals surface area contributed by atoms with Crippen molar-refractivity contribution < 1.29 is 4.74 Å². The van der Waals surface area contributed by atoms with Crippen molar-refractivity contribution in [2.75, 3.05) is 7.11 Å². The Labute approximate surface area is 129 Å². The number of methoxy groups -OCH3 is 1. The Bertz CT molecular complexity index is 577. The third-order valence-corrected chi connectivity index (χ3v) is 4.17. The minimum absolute atomic E-state index is 0.451. The van der Waals surface area contributed by atoms with E-state index in [0.717, 1.165) is 22.1 Å². The summed E-state index contributed by atoms with van der Waals surface area (Å²) in [6.45, 7) is 2.10. The standard InChI is InChI=1S/C12H12ClIN4O/c1-3-4-7-10(14)11(13)16-12(15-7)8-5-6-9(19-2)18-17-8/h5-6H,3-4H2,1-2H3. The van der Waals surface area contributed by atoms with Crippen LogP contribution in [0, 0.1) is 3.57 Å². The van der Waals surface area contributed by atoms with Crippen LogP contribution in [-0.4, -0.2) is 27.3 Å². The van der Waals surface area contributed by atoms with E-state index in [2.05, 4.69) is 49.7 Å². The van der Waals surface area contributed by atoms with Gasteiger partial charge in [-0.15, -0.1) is 10.2 Å². The Kier molecular flexibility index (Phi) is 4.87. The second-order valence-electron chi connectivity index (χ2n) is 3.81. The van der Waals surface area contributed by atoms with E-state index in [9.17, 15) is 0 Å². The first-order chi connectivity index (χ1) is 9.15. The third-order valence-electron chi connectivity index (χ3n) is 2.44. The molecule has 0 fully saturated rings. The van der Waals surface area contributed by atoms with Crippen molar-refractivity contribution in [1.82, 2.24) is 20.2 Å². The molecule has 7 heteroatoms. The maximum absolute atomic E-state index is 6.13. The van der Waals surface area contributed by atoms with E-state index in [1.54, 1.807) is 19.2 Å². The molecular weight excluding hydrogens is 379 g/mol. The fourth-order valence-corrected chi connectivity index (χ4v) is 2.23. The average Bonchev–Trinajstić information content (AvgIpc) is 2.44. The van der Waals surface area contributed by atoms with Gasteiger partial charge in [-0.1, -0.05) is 24.9 Å². The number of nitrogens with zero attached hydrogens (tertiary/aromatic N) is 4. The van der Waals surface area contributed by atoms with Gasteiger partial charge in [-0.05, 0) is 35.1 Å². The summed E-state index contributed by atoms with van der Waals surface area (Å²) in [6.07, 6.45) is 1.86. The highest BCUT2D eigenvalue weighted by molar-refractivity contribution is 14.1. The van der Waals surface area contributed by atoms with Gasteiger partial charge in [0.05, 0.1) is 16.4 Å². The summed E-state index contributed by atoms with van der Waals surface area (Å²) in [6, 6.07) is 3.48. The van der Waals surface area contributed by atoms with Crippen LogP contribution >= 0.6 is 34.2 Å². The van der Waals surface area contributed by atoms with E-state index in [4.69, 9.17) is 16.3 Å². The van der Waals surface area contributed by atoms with E-state index >= 15 is 0 Å². The summed E-state index contributed by atoms with van der Waals surface area (Å²) in [5.41, 5.74) is 1.52. The van der Waals surface area contributed by atoms with Crippen LogP contribution in [0.15, 0.2) is 12.1 Å². The lowest BCUT2D eigenvalue weighted by atomic mass is 10.2. The van der Waals surface area contributed by atoms with Crippen molar-refractivity contribution in [3.63, 3.8) is 0 Å². The van der Waals surface area contributed by atoms with Crippen molar-refractivity contribution in [3.05, 3.63) is 26.5 Å². The molecule has 0 aromatic carbocycles. The summed E-state index contributed by atoms with van der Waals surface area (Å²) in [4.78, 5) is 8.75. The number of aryl methyl sites for hydroxylation is 1. The van der Waals surface area contributed by atoms with Crippen LogP contribution in [0.4, 0.5) is 0 Å². The van der Waals surface area contributed by atoms with E-state index in [1.165, 1.54) is 0 Å². The van der Waals surface area contributed by atoms with Gasteiger partial charge in [-0.3, -0.25) is 0 Å².